The second kappa shape index (κ2) is 6.49. The summed E-state index contributed by atoms with van der Waals surface area (Å²) in [5.74, 6) is -0.438. The van der Waals surface area contributed by atoms with Crippen molar-refractivity contribution in [2.24, 2.45) is 0 Å². The van der Waals surface area contributed by atoms with Gasteiger partial charge in [-0.2, -0.15) is 0 Å². The van der Waals surface area contributed by atoms with Crippen molar-refractivity contribution < 1.29 is 22.3 Å². The van der Waals surface area contributed by atoms with Gasteiger partial charge in [0.05, 0.1) is 16.6 Å². The third-order valence-corrected chi connectivity index (χ3v) is 3.99. The standard InChI is InChI=1S/C15H17FN2O4S/c1-9(2)21-14-10(3)15(18-8-17-14)22-13-6-5-11(7-12(13)16)23(4,19)20/h5-9H,1-4H3. The largest absolute Gasteiger partial charge is 0.475 e. The first kappa shape index (κ1) is 17.1. The Morgan fingerprint density at radius 2 is 1.83 bits per heavy atom. The van der Waals surface area contributed by atoms with Gasteiger partial charge in [0.15, 0.2) is 21.4 Å². The van der Waals surface area contributed by atoms with Gasteiger partial charge >= 0.3 is 0 Å². The van der Waals surface area contributed by atoms with Crippen LogP contribution in [0.15, 0.2) is 29.4 Å². The van der Waals surface area contributed by atoms with Crippen molar-refractivity contribution in [1.82, 2.24) is 9.97 Å². The molecule has 0 bridgehead atoms. The fourth-order valence-electron chi connectivity index (χ4n) is 1.76. The maximum atomic E-state index is 14.0. The Morgan fingerprint density at radius 3 is 2.39 bits per heavy atom. The van der Waals surface area contributed by atoms with Gasteiger partial charge in [-0.3, -0.25) is 0 Å². The Kier molecular flexibility index (Phi) is 4.84. The first-order valence-electron chi connectivity index (χ1n) is 6.84. The number of hydrogen-bond acceptors (Lipinski definition) is 6. The third-order valence-electron chi connectivity index (χ3n) is 2.88. The zero-order valence-corrected chi connectivity index (χ0v) is 14.0. The summed E-state index contributed by atoms with van der Waals surface area (Å²) in [7, 11) is -3.48. The van der Waals surface area contributed by atoms with E-state index in [1.807, 2.05) is 13.8 Å². The summed E-state index contributed by atoms with van der Waals surface area (Å²) in [5.41, 5.74) is 0.521. The van der Waals surface area contributed by atoms with Crippen molar-refractivity contribution in [2.45, 2.75) is 31.8 Å². The second-order valence-corrected chi connectivity index (χ2v) is 7.26. The molecule has 2 rings (SSSR count). The van der Waals surface area contributed by atoms with Crippen molar-refractivity contribution >= 4 is 9.84 Å². The van der Waals surface area contributed by atoms with Crippen LogP contribution in [0.1, 0.15) is 19.4 Å². The molecule has 0 spiro atoms. The van der Waals surface area contributed by atoms with Crippen LogP contribution in [0.5, 0.6) is 17.5 Å². The summed E-state index contributed by atoms with van der Waals surface area (Å²) in [5, 5.41) is 0. The minimum atomic E-state index is -3.48. The zero-order valence-electron chi connectivity index (χ0n) is 13.2. The van der Waals surface area contributed by atoms with Crippen molar-refractivity contribution in [3.8, 4) is 17.5 Å². The maximum absolute atomic E-state index is 14.0. The fraction of sp³-hybridized carbons (Fsp3) is 0.333. The molecule has 0 N–H and O–H groups in total. The van der Waals surface area contributed by atoms with Crippen LogP contribution in [-0.2, 0) is 9.84 Å². The summed E-state index contributed by atoms with van der Waals surface area (Å²) in [6.07, 6.45) is 2.18. The van der Waals surface area contributed by atoms with Crippen molar-refractivity contribution in [3.63, 3.8) is 0 Å². The minimum absolute atomic E-state index is 0.0813. The van der Waals surface area contributed by atoms with Gasteiger partial charge in [-0.1, -0.05) is 0 Å². The third kappa shape index (κ3) is 4.16. The lowest BCUT2D eigenvalue weighted by molar-refractivity contribution is 0.228. The zero-order chi connectivity index (χ0) is 17.2. The normalized spacial score (nSPS) is 11.6. The van der Waals surface area contributed by atoms with E-state index in [9.17, 15) is 12.8 Å². The van der Waals surface area contributed by atoms with Crippen molar-refractivity contribution in [2.75, 3.05) is 6.26 Å². The average molecular weight is 340 g/mol. The highest BCUT2D eigenvalue weighted by Gasteiger charge is 2.16. The quantitative estimate of drug-likeness (QED) is 0.833. The van der Waals surface area contributed by atoms with E-state index in [0.717, 1.165) is 12.3 Å². The number of ether oxygens (including phenoxy) is 2. The Hall–Kier alpha value is -2.22. The first-order valence-corrected chi connectivity index (χ1v) is 8.73. The molecule has 0 radical (unpaired) electrons. The van der Waals surface area contributed by atoms with Crippen molar-refractivity contribution in [1.29, 1.82) is 0 Å². The molecule has 0 saturated heterocycles. The predicted molar refractivity (Wildman–Crippen MR) is 82.1 cm³/mol. The molecule has 2 aromatic rings. The molecule has 0 fully saturated rings. The number of benzene rings is 1. The number of sulfone groups is 1. The lowest BCUT2D eigenvalue weighted by Crippen LogP contribution is -2.09. The molecule has 0 amide bonds. The average Bonchev–Trinajstić information content (AvgIpc) is 2.43. The number of hydrogen-bond donors (Lipinski definition) is 0. The molecule has 0 aliphatic heterocycles. The topological polar surface area (TPSA) is 78.4 Å². The molecule has 0 aliphatic carbocycles. The van der Waals surface area contributed by atoms with E-state index >= 15 is 0 Å². The van der Waals surface area contributed by atoms with Crippen LogP contribution in [0.25, 0.3) is 0 Å². The molecule has 0 aliphatic rings. The summed E-state index contributed by atoms with van der Waals surface area (Å²) in [6, 6.07) is 3.43. The number of rotatable bonds is 5. The SMILES string of the molecule is Cc1c(Oc2ccc(S(C)(=O)=O)cc2F)ncnc1OC(C)C. The minimum Gasteiger partial charge on any atom is -0.475 e. The van der Waals surface area contributed by atoms with E-state index in [1.54, 1.807) is 6.92 Å². The molecule has 0 saturated carbocycles. The molecule has 1 aromatic heterocycles. The molecule has 8 heteroatoms. The van der Waals surface area contributed by atoms with Gasteiger partial charge in [-0.25, -0.2) is 22.8 Å². The summed E-state index contributed by atoms with van der Waals surface area (Å²) < 4.78 is 47.8. The molecule has 0 unspecified atom stereocenters. The van der Waals surface area contributed by atoms with Crippen LogP contribution in [0.4, 0.5) is 4.39 Å². The lowest BCUT2D eigenvalue weighted by atomic mass is 10.3. The van der Waals surface area contributed by atoms with E-state index in [4.69, 9.17) is 9.47 Å². The van der Waals surface area contributed by atoms with Gasteiger partial charge in [0.25, 0.3) is 0 Å². The molecular weight excluding hydrogens is 323 g/mol. The van der Waals surface area contributed by atoms with Crippen LogP contribution < -0.4 is 9.47 Å². The maximum Gasteiger partial charge on any atom is 0.229 e. The number of aromatic nitrogens is 2. The molecule has 1 heterocycles. The summed E-state index contributed by atoms with van der Waals surface area (Å²) in [4.78, 5) is 7.84. The Bertz CT molecular complexity index is 822. The van der Waals surface area contributed by atoms with Gasteiger partial charge in [-0.05, 0) is 39.0 Å². The molecule has 0 atom stereocenters. The Morgan fingerprint density at radius 1 is 1.17 bits per heavy atom. The number of nitrogens with zero attached hydrogens (tertiary/aromatic N) is 2. The first-order chi connectivity index (χ1) is 10.7. The lowest BCUT2D eigenvalue weighted by Gasteiger charge is -2.13. The summed E-state index contributed by atoms with van der Waals surface area (Å²) >= 11 is 0. The van der Waals surface area contributed by atoms with Crippen LogP contribution in [0.2, 0.25) is 0 Å². The van der Waals surface area contributed by atoms with Crippen LogP contribution in [0, 0.1) is 12.7 Å². The molecular formula is C15H17FN2O4S. The van der Waals surface area contributed by atoms with Gasteiger partial charge in [-0.15, -0.1) is 0 Å². The monoisotopic (exact) mass is 340 g/mol. The van der Waals surface area contributed by atoms with Crippen LogP contribution >= 0.6 is 0 Å². The highest BCUT2D eigenvalue weighted by molar-refractivity contribution is 7.90. The Balaban J connectivity index is 2.33. The molecule has 1 aromatic carbocycles. The van der Waals surface area contributed by atoms with E-state index < -0.39 is 15.7 Å². The Labute approximate surface area is 134 Å². The smallest absolute Gasteiger partial charge is 0.229 e. The van der Waals surface area contributed by atoms with Crippen molar-refractivity contribution in [3.05, 3.63) is 35.9 Å². The van der Waals surface area contributed by atoms with Gasteiger partial charge < -0.3 is 9.47 Å². The number of halogens is 1. The van der Waals surface area contributed by atoms with E-state index in [1.165, 1.54) is 18.5 Å². The highest BCUT2D eigenvalue weighted by atomic mass is 32.2. The van der Waals surface area contributed by atoms with Gasteiger partial charge in [0.1, 0.15) is 6.33 Å². The van der Waals surface area contributed by atoms with Gasteiger partial charge in [0.2, 0.25) is 11.8 Å². The molecule has 124 valence electrons. The van der Waals surface area contributed by atoms with Crippen LogP contribution in [0.3, 0.4) is 0 Å². The molecule has 23 heavy (non-hydrogen) atoms. The van der Waals surface area contributed by atoms with E-state index in [-0.39, 0.29) is 22.6 Å². The predicted octanol–water partition coefficient (Wildman–Crippen LogP) is 2.91. The van der Waals surface area contributed by atoms with E-state index in [2.05, 4.69) is 9.97 Å². The highest BCUT2D eigenvalue weighted by Crippen LogP contribution is 2.30. The van der Waals surface area contributed by atoms with Crippen LogP contribution in [-0.4, -0.2) is 30.7 Å². The molecule has 6 nitrogen and oxygen atoms in total. The second-order valence-electron chi connectivity index (χ2n) is 5.24. The van der Waals surface area contributed by atoms with E-state index in [0.29, 0.717) is 11.4 Å². The van der Waals surface area contributed by atoms with Gasteiger partial charge in [0, 0.05) is 6.26 Å². The fourth-order valence-corrected chi connectivity index (χ4v) is 2.40. The summed E-state index contributed by atoms with van der Waals surface area (Å²) in [6.45, 7) is 5.40.